The lowest BCUT2D eigenvalue weighted by Gasteiger charge is -2.26. The zero-order valence-electron chi connectivity index (χ0n) is 28.0. The third-order valence-electron chi connectivity index (χ3n) is 8.88. The summed E-state index contributed by atoms with van der Waals surface area (Å²) in [5.74, 6) is 1.45. The maximum absolute atomic E-state index is 13.4. The lowest BCUT2D eigenvalue weighted by molar-refractivity contribution is 0.256. The van der Waals surface area contributed by atoms with E-state index in [0.717, 1.165) is 65.8 Å². The molecule has 3 aromatic carbocycles. The van der Waals surface area contributed by atoms with E-state index in [0.29, 0.717) is 17.5 Å². The van der Waals surface area contributed by atoms with Crippen LogP contribution in [0.5, 0.6) is 5.75 Å². The Balaban J connectivity index is 1.34. The predicted molar refractivity (Wildman–Crippen MR) is 191 cm³/mol. The van der Waals surface area contributed by atoms with Gasteiger partial charge >= 0.3 is 6.03 Å². The van der Waals surface area contributed by atoms with E-state index in [1.807, 2.05) is 49.4 Å². The molecule has 1 atom stereocenters. The number of anilines is 2. The first-order valence-electron chi connectivity index (χ1n) is 16.3. The number of rotatable bonds is 9. The average molecular weight is 629 g/mol. The summed E-state index contributed by atoms with van der Waals surface area (Å²) in [4.78, 5) is 19.4. The fourth-order valence-electron chi connectivity index (χ4n) is 6.29. The molecule has 0 aliphatic heterocycles. The van der Waals surface area contributed by atoms with E-state index >= 15 is 0 Å². The molecule has 8 heteroatoms. The highest BCUT2D eigenvalue weighted by molar-refractivity contribution is 6.09. The molecule has 0 saturated carbocycles. The fraction of sp³-hybridized carbons (Fsp3) is 0.308. The molecule has 0 saturated heterocycles. The monoisotopic (exact) mass is 628 g/mol. The minimum atomic E-state index is -0.581. The number of urea groups is 1. The number of aromatic nitrogens is 3. The molecule has 242 valence electrons. The molecule has 3 N–H and O–H groups in total. The van der Waals surface area contributed by atoms with Gasteiger partial charge in [-0.05, 0) is 91.6 Å². The topological polar surface area (TPSA) is 98.3 Å². The Morgan fingerprint density at radius 1 is 1.04 bits per heavy atom. The van der Waals surface area contributed by atoms with Crippen LogP contribution in [-0.2, 0) is 11.8 Å². The summed E-state index contributed by atoms with van der Waals surface area (Å²) >= 11 is 0. The number of amides is 2. The Morgan fingerprint density at radius 3 is 2.49 bits per heavy atom. The third kappa shape index (κ3) is 6.93. The minimum absolute atomic E-state index is 0.250. The van der Waals surface area contributed by atoms with Crippen LogP contribution in [-0.4, -0.2) is 40.5 Å². The number of primary amides is 1. The van der Waals surface area contributed by atoms with Crippen molar-refractivity contribution in [2.24, 2.45) is 5.73 Å². The normalized spacial score (nSPS) is 15.0. The minimum Gasteiger partial charge on any atom is -0.497 e. The second-order valence-electron chi connectivity index (χ2n) is 13.3. The Bertz CT molecular complexity index is 1900. The third-order valence-corrected chi connectivity index (χ3v) is 8.88. The number of nitrogens with zero attached hydrogens (tertiary/aromatic N) is 4. The number of benzene rings is 3. The van der Waals surface area contributed by atoms with Gasteiger partial charge in [0.05, 0.1) is 30.4 Å². The van der Waals surface area contributed by atoms with Crippen LogP contribution < -0.4 is 20.7 Å². The van der Waals surface area contributed by atoms with Gasteiger partial charge in [-0.2, -0.15) is 5.10 Å². The number of nitrogens with two attached hydrogens (primary N) is 1. The van der Waals surface area contributed by atoms with E-state index in [1.54, 1.807) is 22.9 Å². The molecule has 6 rings (SSSR count). The van der Waals surface area contributed by atoms with Crippen molar-refractivity contribution in [1.82, 2.24) is 20.1 Å². The fourth-order valence-corrected chi connectivity index (χ4v) is 6.29. The Morgan fingerprint density at radius 2 is 1.81 bits per heavy atom. The smallest absolute Gasteiger partial charge is 0.325 e. The van der Waals surface area contributed by atoms with Gasteiger partial charge in [0.15, 0.2) is 0 Å². The van der Waals surface area contributed by atoms with E-state index < -0.39 is 6.03 Å². The second-order valence-corrected chi connectivity index (χ2v) is 13.3. The molecule has 0 spiro atoms. The van der Waals surface area contributed by atoms with E-state index in [2.05, 4.69) is 73.5 Å². The standard InChI is InChI=1S/C39H44N6O2/c1-26-13-16-30(25-42-26)45-37(24-36(43-45)39(2,3)4)44(38(40)46)35-20-19-32(33-11-6-7-12-34(33)35)28-9-8-10-29(23-28)41-22-21-27-14-17-31(47-5)18-15-27/h6-7,11-20,23-25,29,41H,8-10,21-22H2,1-5H3,(H2,40,46). The van der Waals surface area contributed by atoms with Crippen molar-refractivity contribution in [3.05, 3.63) is 114 Å². The lowest BCUT2D eigenvalue weighted by atomic mass is 9.88. The Labute approximate surface area is 277 Å². The second kappa shape index (κ2) is 13.4. The van der Waals surface area contributed by atoms with Crippen molar-refractivity contribution in [1.29, 1.82) is 0 Å². The summed E-state index contributed by atoms with van der Waals surface area (Å²) in [6.07, 6.45) is 8.33. The molecule has 1 aliphatic rings. The van der Waals surface area contributed by atoms with Gasteiger partial charge in [0, 0.05) is 28.6 Å². The largest absolute Gasteiger partial charge is 0.497 e. The zero-order valence-corrected chi connectivity index (χ0v) is 28.0. The number of hydrogen-bond acceptors (Lipinski definition) is 5. The van der Waals surface area contributed by atoms with E-state index in [9.17, 15) is 4.79 Å². The number of pyridine rings is 1. The Kier molecular flexibility index (Phi) is 9.14. The molecular weight excluding hydrogens is 584 g/mol. The molecular formula is C39H44N6O2. The van der Waals surface area contributed by atoms with Gasteiger partial charge in [-0.15, -0.1) is 0 Å². The Hall–Kier alpha value is -4.95. The van der Waals surface area contributed by atoms with Crippen LogP contribution in [0.15, 0.2) is 91.1 Å². The van der Waals surface area contributed by atoms with Gasteiger partial charge in [-0.1, -0.05) is 69.3 Å². The number of fused-ring (bicyclic) bond motifs is 1. The van der Waals surface area contributed by atoms with Crippen LogP contribution in [0.1, 0.15) is 62.5 Å². The number of hydrogen-bond donors (Lipinski definition) is 2. The lowest BCUT2D eigenvalue weighted by Crippen LogP contribution is -2.33. The van der Waals surface area contributed by atoms with Crippen molar-refractivity contribution < 1.29 is 9.53 Å². The summed E-state index contributed by atoms with van der Waals surface area (Å²) in [6, 6.07) is 26.3. The average Bonchev–Trinajstić information content (AvgIpc) is 3.51. The van der Waals surface area contributed by atoms with E-state index in [-0.39, 0.29) is 5.41 Å². The molecule has 2 heterocycles. The SMILES string of the molecule is COc1ccc(CCNC2C=C(c3ccc(N(C(N)=O)c4cc(C(C)(C)C)nn4-c4ccc(C)nc4)c4ccccc34)CCC2)cc1. The van der Waals surface area contributed by atoms with Gasteiger partial charge in [-0.25, -0.2) is 14.4 Å². The number of aryl methyl sites for hydroxylation is 1. The van der Waals surface area contributed by atoms with E-state index in [1.165, 1.54) is 16.7 Å². The molecule has 2 amide bonds. The van der Waals surface area contributed by atoms with Crippen molar-refractivity contribution in [2.75, 3.05) is 18.6 Å². The highest BCUT2D eigenvalue weighted by atomic mass is 16.5. The summed E-state index contributed by atoms with van der Waals surface area (Å²) in [5, 5.41) is 10.7. The van der Waals surface area contributed by atoms with Crippen molar-refractivity contribution in [3.8, 4) is 11.4 Å². The maximum atomic E-state index is 13.4. The number of nitrogens with one attached hydrogen (secondary N) is 1. The van der Waals surface area contributed by atoms with Gasteiger partial charge in [0.2, 0.25) is 0 Å². The first kappa shape index (κ1) is 32.0. The first-order chi connectivity index (χ1) is 22.6. The predicted octanol–water partition coefficient (Wildman–Crippen LogP) is 8.02. The first-order valence-corrected chi connectivity index (χ1v) is 16.3. The zero-order chi connectivity index (χ0) is 33.1. The number of allylic oxidation sites excluding steroid dienone is 1. The van der Waals surface area contributed by atoms with Crippen LogP contribution in [0.3, 0.4) is 0 Å². The summed E-state index contributed by atoms with van der Waals surface area (Å²) < 4.78 is 7.06. The summed E-state index contributed by atoms with van der Waals surface area (Å²) in [5.41, 5.74) is 12.9. The molecule has 1 unspecified atom stereocenters. The van der Waals surface area contributed by atoms with Crippen molar-refractivity contribution >= 4 is 33.9 Å². The summed E-state index contributed by atoms with van der Waals surface area (Å²) in [6.45, 7) is 9.16. The number of carbonyl (C=O) groups excluding carboxylic acids is 1. The van der Waals surface area contributed by atoms with Crippen LogP contribution >= 0.6 is 0 Å². The maximum Gasteiger partial charge on any atom is 0.325 e. The van der Waals surface area contributed by atoms with Crippen LogP contribution in [0.4, 0.5) is 16.3 Å². The van der Waals surface area contributed by atoms with Crippen LogP contribution in [0.2, 0.25) is 0 Å². The van der Waals surface area contributed by atoms with Gasteiger partial charge in [0.1, 0.15) is 11.6 Å². The van der Waals surface area contributed by atoms with Crippen molar-refractivity contribution in [2.45, 2.75) is 64.8 Å². The molecule has 2 aromatic heterocycles. The summed E-state index contributed by atoms with van der Waals surface area (Å²) in [7, 11) is 1.69. The van der Waals surface area contributed by atoms with Crippen molar-refractivity contribution in [3.63, 3.8) is 0 Å². The van der Waals surface area contributed by atoms with Gasteiger partial charge < -0.3 is 15.8 Å². The number of ether oxygens (including phenoxy) is 1. The highest BCUT2D eigenvalue weighted by Crippen LogP contribution is 2.40. The van der Waals surface area contributed by atoms with Crippen LogP contribution in [0.25, 0.3) is 22.0 Å². The molecule has 0 bridgehead atoms. The molecule has 1 aliphatic carbocycles. The number of carbonyl (C=O) groups is 1. The van der Waals surface area contributed by atoms with Crippen LogP contribution in [0, 0.1) is 6.92 Å². The number of methoxy groups -OCH3 is 1. The molecule has 5 aromatic rings. The molecule has 47 heavy (non-hydrogen) atoms. The van der Waals surface area contributed by atoms with Gasteiger partial charge in [-0.3, -0.25) is 4.98 Å². The molecule has 0 radical (unpaired) electrons. The van der Waals surface area contributed by atoms with Gasteiger partial charge in [0.25, 0.3) is 0 Å². The van der Waals surface area contributed by atoms with E-state index in [4.69, 9.17) is 15.6 Å². The molecule has 8 nitrogen and oxygen atoms in total. The highest BCUT2D eigenvalue weighted by Gasteiger charge is 2.28. The quantitative estimate of drug-likeness (QED) is 0.172. The molecule has 0 fully saturated rings.